The molecule has 0 spiro atoms. The molecular formula is C15H13N3O3S. The van der Waals surface area contributed by atoms with Gasteiger partial charge in [0, 0.05) is 11.6 Å². The van der Waals surface area contributed by atoms with E-state index in [2.05, 4.69) is 9.53 Å². The summed E-state index contributed by atoms with van der Waals surface area (Å²) in [6.07, 6.45) is 0. The molecule has 0 saturated heterocycles. The number of hydrogen-bond acceptors (Lipinski definition) is 7. The van der Waals surface area contributed by atoms with E-state index in [1.54, 1.807) is 13.0 Å². The molecule has 0 amide bonds. The van der Waals surface area contributed by atoms with Crippen LogP contribution in [-0.4, -0.2) is 15.5 Å². The van der Waals surface area contributed by atoms with Crippen molar-refractivity contribution in [2.24, 2.45) is 0 Å². The number of nitrogens with zero attached hydrogens (tertiary/aromatic N) is 2. The van der Waals surface area contributed by atoms with Crippen LogP contribution < -0.4 is 5.73 Å². The first-order chi connectivity index (χ1) is 10.6. The normalized spacial score (nSPS) is 10.6. The smallest absolute Gasteiger partial charge is 0.343 e. The van der Waals surface area contributed by atoms with Crippen LogP contribution in [0.25, 0.3) is 11.3 Å². The highest BCUT2D eigenvalue weighted by atomic mass is 32.1. The van der Waals surface area contributed by atoms with E-state index >= 15 is 0 Å². The number of aryl methyl sites for hydroxylation is 1. The summed E-state index contributed by atoms with van der Waals surface area (Å²) in [6.45, 7) is 1.73. The fourth-order valence-electron chi connectivity index (χ4n) is 1.97. The number of rotatable bonds is 4. The minimum absolute atomic E-state index is 0.0178. The molecule has 0 aliphatic carbocycles. The number of hydrogen-bond donors (Lipinski definition) is 1. The molecule has 0 saturated carbocycles. The molecule has 0 aliphatic heterocycles. The zero-order chi connectivity index (χ0) is 15.5. The maximum Gasteiger partial charge on any atom is 0.343 e. The summed E-state index contributed by atoms with van der Waals surface area (Å²) in [5.74, 6) is 0.118. The minimum Gasteiger partial charge on any atom is -0.455 e. The van der Waals surface area contributed by atoms with E-state index in [1.807, 2.05) is 30.3 Å². The predicted molar refractivity (Wildman–Crippen MR) is 82.3 cm³/mol. The molecule has 0 atom stereocenters. The summed E-state index contributed by atoms with van der Waals surface area (Å²) in [6, 6.07) is 11.3. The lowest BCUT2D eigenvalue weighted by Crippen LogP contribution is -2.08. The van der Waals surface area contributed by atoms with Gasteiger partial charge in [-0.15, -0.1) is 0 Å². The second-order valence-electron chi connectivity index (χ2n) is 4.63. The van der Waals surface area contributed by atoms with Crippen LogP contribution >= 0.6 is 11.5 Å². The number of nitrogens with two attached hydrogens (primary N) is 1. The van der Waals surface area contributed by atoms with E-state index in [1.165, 1.54) is 0 Å². The average molecular weight is 315 g/mol. The second-order valence-corrected chi connectivity index (χ2v) is 5.44. The predicted octanol–water partition coefficient (Wildman–Crippen LogP) is 3.05. The highest BCUT2D eigenvalue weighted by Crippen LogP contribution is 2.23. The third-order valence-corrected chi connectivity index (χ3v) is 3.83. The number of carbonyl (C=O) groups is 1. The fourth-order valence-corrected chi connectivity index (χ4v) is 2.61. The first-order valence-corrected chi connectivity index (χ1v) is 7.32. The summed E-state index contributed by atoms with van der Waals surface area (Å²) in [4.78, 5) is 12.0. The summed E-state index contributed by atoms with van der Waals surface area (Å²) in [5, 5.41) is 4.25. The van der Waals surface area contributed by atoms with Gasteiger partial charge in [0.05, 0.1) is 5.69 Å². The van der Waals surface area contributed by atoms with Gasteiger partial charge >= 0.3 is 5.97 Å². The Hall–Kier alpha value is -2.67. The largest absolute Gasteiger partial charge is 0.455 e. The molecule has 1 aromatic carbocycles. The van der Waals surface area contributed by atoms with Gasteiger partial charge in [0.15, 0.2) is 5.76 Å². The van der Waals surface area contributed by atoms with Crippen molar-refractivity contribution in [1.29, 1.82) is 0 Å². The van der Waals surface area contributed by atoms with E-state index < -0.39 is 5.97 Å². The Kier molecular flexibility index (Phi) is 3.88. The maximum absolute atomic E-state index is 12.0. The third kappa shape index (κ3) is 2.84. The van der Waals surface area contributed by atoms with Gasteiger partial charge in [-0.25, -0.2) is 4.79 Å². The summed E-state index contributed by atoms with van der Waals surface area (Å²) < 4.78 is 14.5. The zero-order valence-electron chi connectivity index (χ0n) is 11.8. The lowest BCUT2D eigenvalue weighted by atomic mass is 10.2. The Morgan fingerprint density at radius 3 is 2.82 bits per heavy atom. The molecule has 0 bridgehead atoms. The van der Waals surface area contributed by atoms with E-state index in [9.17, 15) is 4.79 Å². The SMILES string of the molecule is Cc1nsc(N)c1C(=O)OCc1cc(-c2ccccc2)on1. The summed E-state index contributed by atoms with van der Waals surface area (Å²) >= 11 is 1.08. The average Bonchev–Trinajstić information content (AvgIpc) is 3.13. The molecule has 22 heavy (non-hydrogen) atoms. The third-order valence-electron chi connectivity index (χ3n) is 3.06. The van der Waals surface area contributed by atoms with Crippen LogP contribution in [0.1, 0.15) is 21.7 Å². The Bertz CT molecular complexity index is 776. The lowest BCUT2D eigenvalue weighted by molar-refractivity contribution is 0.0465. The van der Waals surface area contributed by atoms with Crippen molar-refractivity contribution in [1.82, 2.24) is 9.53 Å². The molecule has 112 valence electrons. The minimum atomic E-state index is -0.506. The number of benzene rings is 1. The first-order valence-electron chi connectivity index (χ1n) is 6.55. The molecule has 0 unspecified atom stereocenters. The van der Waals surface area contributed by atoms with Crippen LogP contribution in [0.2, 0.25) is 0 Å². The van der Waals surface area contributed by atoms with Crippen molar-refractivity contribution in [2.45, 2.75) is 13.5 Å². The molecule has 2 aromatic heterocycles. The van der Waals surface area contributed by atoms with Crippen LogP contribution in [-0.2, 0) is 11.3 Å². The molecule has 2 N–H and O–H groups in total. The second kappa shape index (κ2) is 5.98. The monoisotopic (exact) mass is 315 g/mol. The number of carbonyl (C=O) groups excluding carboxylic acids is 1. The van der Waals surface area contributed by atoms with Crippen molar-refractivity contribution >= 4 is 22.5 Å². The van der Waals surface area contributed by atoms with Gasteiger partial charge in [-0.3, -0.25) is 0 Å². The topological polar surface area (TPSA) is 91.2 Å². The van der Waals surface area contributed by atoms with E-state index in [0.717, 1.165) is 17.1 Å². The quantitative estimate of drug-likeness (QED) is 0.744. The van der Waals surface area contributed by atoms with Crippen molar-refractivity contribution in [3.8, 4) is 11.3 Å². The van der Waals surface area contributed by atoms with Crippen LogP contribution in [0.3, 0.4) is 0 Å². The molecular weight excluding hydrogens is 302 g/mol. The number of ether oxygens (including phenoxy) is 1. The highest BCUT2D eigenvalue weighted by molar-refractivity contribution is 7.10. The number of esters is 1. The number of nitrogen functional groups attached to an aromatic ring is 1. The van der Waals surface area contributed by atoms with Crippen LogP contribution in [0, 0.1) is 6.92 Å². The Morgan fingerprint density at radius 2 is 2.14 bits per heavy atom. The highest BCUT2D eigenvalue weighted by Gasteiger charge is 2.18. The molecule has 2 heterocycles. The summed E-state index contributed by atoms with van der Waals surface area (Å²) in [5.41, 5.74) is 8.04. The van der Waals surface area contributed by atoms with Gasteiger partial charge in [0.2, 0.25) is 0 Å². The molecule has 3 rings (SSSR count). The number of anilines is 1. The lowest BCUT2D eigenvalue weighted by Gasteiger charge is -2.01. The molecule has 3 aromatic rings. The molecule has 6 nitrogen and oxygen atoms in total. The fraction of sp³-hybridized carbons (Fsp3) is 0.133. The molecule has 0 radical (unpaired) electrons. The van der Waals surface area contributed by atoms with E-state index in [0.29, 0.717) is 27.7 Å². The van der Waals surface area contributed by atoms with Crippen molar-refractivity contribution < 1.29 is 14.1 Å². The van der Waals surface area contributed by atoms with Crippen LogP contribution in [0.15, 0.2) is 40.9 Å². The van der Waals surface area contributed by atoms with Crippen molar-refractivity contribution in [2.75, 3.05) is 5.73 Å². The zero-order valence-corrected chi connectivity index (χ0v) is 12.6. The van der Waals surface area contributed by atoms with Gasteiger partial charge in [0.1, 0.15) is 22.9 Å². The van der Waals surface area contributed by atoms with Gasteiger partial charge in [-0.2, -0.15) is 4.37 Å². The Morgan fingerprint density at radius 1 is 1.36 bits per heavy atom. The maximum atomic E-state index is 12.0. The molecule has 0 fully saturated rings. The van der Waals surface area contributed by atoms with E-state index in [4.69, 9.17) is 15.0 Å². The number of aromatic nitrogens is 2. The van der Waals surface area contributed by atoms with Crippen LogP contribution in [0.4, 0.5) is 5.00 Å². The van der Waals surface area contributed by atoms with Gasteiger partial charge in [0.25, 0.3) is 0 Å². The Labute approximate surface area is 130 Å². The van der Waals surface area contributed by atoms with Crippen LogP contribution in [0.5, 0.6) is 0 Å². The van der Waals surface area contributed by atoms with E-state index in [-0.39, 0.29) is 6.61 Å². The van der Waals surface area contributed by atoms with Crippen molar-refractivity contribution in [3.05, 3.63) is 53.3 Å². The Balaban J connectivity index is 1.68. The van der Waals surface area contributed by atoms with Gasteiger partial charge < -0.3 is 15.0 Å². The van der Waals surface area contributed by atoms with Crippen molar-refractivity contribution in [3.63, 3.8) is 0 Å². The molecule has 0 aliphatic rings. The first kappa shape index (κ1) is 14.3. The van der Waals surface area contributed by atoms with Gasteiger partial charge in [-0.05, 0) is 18.5 Å². The standard InChI is InChI=1S/C15H13N3O3S/c1-9-13(14(16)22-18-9)15(19)20-8-11-7-12(21-17-11)10-5-3-2-4-6-10/h2-7H,8,16H2,1H3. The summed E-state index contributed by atoms with van der Waals surface area (Å²) in [7, 11) is 0. The molecule has 7 heteroatoms. The van der Waals surface area contributed by atoms with Gasteiger partial charge in [-0.1, -0.05) is 35.5 Å².